The number of hydrogen-bond acceptors (Lipinski definition) is 4. The molecule has 1 aliphatic rings. The lowest BCUT2D eigenvalue weighted by Crippen LogP contribution is -2.59. The van der Waals surface area contributed by atoms with Crippen molar-refractivity contribution >= 4 is 5.97 Å². The summed E-state index contributed by atoms with van der Waals surface area (Å²) in [5.74, 6) is -0.155. The van der Waals surface area contributed by atoms with Gasteiger partial charge in [-0.2, -0.15) is 0 Å². The Morgan fingerprint density at radius 1 is 1.61 bits per heavy atom. The highest BCUT2D eigenvalue weighted by atomic mass is 16.5. The Balaban J connectivity index is 2.28. The van der Waals surface area contributed by atoms with Crippen molar-refractivity contribution in [3.8, 4) is 5.75 Å². The molecule has 5 nitrogen and oxygen atoms in total. The van der Waals surface area contributed by atoms with Gasteiger partial charge in [0.2, 0.25) is 0 Å². The van der Waals surface area contributed by atoms with E-state index in [-0.39, 0.29) is 6.42 Å². The number of rotatable bonds is 5. The molecule has 1 aromatic carbocycles. The molecule has 5 heteroatoms. The number of ether oxygens (including phenoxy) is 2. The van der Waals surface area contributed by atoms with Crippen LogP contribution in [0, 0.1) is 0 Å². The average Bonchev–Trinajstić information content (AvgIpc) is 2.27. The Hall–Kier alpha value is -1.59. The van der Waals surface area contributed by atoms with Crippen molar-refractivity contribution < 1.29 is 19.4 Å². The molecular weight excluding hydrogens is 234 g/mol. The van der Waals surface area contributed by atoms with Gasteiger partial charge in [0.1, 0.15) is 5.75 Å². The summed E-state index contributed by atoms with van der Waals surface area (Å²) in [6, 6.07) is 7.09. The van der Waals surface area contributed by atoms with Crippen LogP contribution >= 0.6 is 0 Å². The van der Waals surface area contributed by atoms with E-state index in [1.807, 2.05) is 24.3 Å². The Morgan fingerprint density at radius 3 is 2.83 bits per heavy atom. The molecule has 0 saturated carbocycles. The molecule has 1 aliphatic heterocycles. The van der Waals surface area contributed by atoms with Crippen LogP contribution < -0.4 is 10.5 Å². The second-order valence-electron chi connectivity index (χ2n) is 4.59. The molecule has 0 bridgehead atoms. The van der Waals surface area contributed by atoms with E-state index in [9.17, 15) is 4.79 Å². The number of aliphatic carboxylic acids is 1. The monoisotopic (exact) mass is 251 g/mol. The Kier molecular flexibility index (Phi) is 3.54. The summed E-state index contributed by atoms with van der Waals surface area (Å²) in [6.07, 6.45) is -0.0689. The third kappa shape index (κ3) is 2.19. The van der Waals surface area contributed by atoms with Crippen LogP contribution in [0.4, 0.5) is 0 Å². The van der Waals surface area contributed by atoms with Crippen molar-refractivity contribution in [2.75, 3.05) is 20.3 Å². The molecule has 98 valence electrons. The Morgan fingerprint density at radius 2 is 2.33 bits per heavy atom. The van der Waals surface area contributed by atoms with E-state index in [2.05, 4.69) is 0 Å². The molecule has 0 aromatic heterocycles. The molecule has 1 unspecified atom stereocenters. The summed E-state index contributed by atoms with van der Waals surface area (Å²) in [4.78, 5) is 10.8. The fraction of sp³-hybridized carbons (Fsp3) is 0.462. The summed E-state index contributed by atoms with van der Waals surface area (Å²) in [5, 5.41) is 8.87. The quantitative estimate of drug-likeness (QED) is 0.807. The highest BCUT2D eigenvalue weighted by Crippen LogP contribution is 2.37. The minimum absolute atomic E-state index is 0.0689. The Bertz CT molecular complexity index is 442. The average molecular weight is 251 g/mol. The topological polar surface area (TPSA) is 81.8 Å². The Labute approximate surface area is 106 Å². The summed E-state index contributed by atoms with van der Waals surface area (Å²) in [5.41, 5.74) is 6.60. The maximum absolute atomic E-state index is 10.8. The summed E-state index contributed by atoms with van der Waals surface area (Å²) < 4.78 is 10.4. The van der Waals surface area contributed by atoms with E-state index in [0.717, 1.165) is 11.3 Å². The number of benzene rings is 1. The molecule has 1 atom stereocenters. The normalized spacial score (nSPS) is 18.8. The largest absolute Gasteiger partial charge is 0.497 e. The van der Waals surface area contributed by atoms with E-state index in [4.69, 9.17) is 20.3 Å². The standard InChI is InChI=1S/C13H17NO4/c1-17-10-4-2-3-9(5-10)13(7-18-8-13)11(14)6-12(15)16/h2-5,11H,6-8,14H2,1H3,(H,15,16). The molecule has 0 spiro atoms. The van der Waals surface area contributed by atoms with E-state index >= 15 is 0 Å². The van der Waals surface area contributed by atoms with Gasteiger partial charge in [0.15, 0.2) is 0 Å². The van der Waals surface area contributed by atoms with Crippen molar-refractivity contribution in [2.45, 2.75) is 17.9 Å². The first kappa shape index (κ1) is 12.9. The smallest absolute Gasteiger partial charge is 0.304 e. The minimum Gasteiger partial charge on any atom is -0.497 e. The molecule has 1 fully saturated rings. The maximum atomic E-state index is 10.8. The van der Waals surface area contributed by atoms with E-state index < -0.39 is 17.4 Å². The van der Waals surface area contributed by atoms with Crippen LogP contribution in [-0.4, -0.2) is 37.4 Å². The zero-order chi connectivity index (χ0) is 13.2. The van der Waals surface area contributed by atoms with Gasteiger partial charge in [-0.1, -0.05) is 12.1 Å². The molecular formula is C13H17NO4. The van der Waals surface area contributed by atoms with Gasteiger partial charge in [0, 0.05) is 6.04 Å². The molecule has 0 radical (unpaired) electrons. The maximum Gasteiger partial charge on any atom is 0.304 e. The first-order valence-electron chi connectivity index (χ1n) is 5.78. The van der Waals surface area contributed by atoms with Crippen molar-refractivity contribution in [3.05, 3.63) is 29.8 Å². The number of hydrogen-bond donors (Lipinski definition) is 2. The van der Waals surface area contributed by atoms with E-state index in [1.54, 1.807) is 7.11 Å². The van der Waals surface area contributed by atoms with Crippen molar-refractivity contribution in [1.29, 1.82) is 0 Å². The lowest BCUT2D eigenvalue weighted by Gasteiger charge is -2.45. The van der Waals surface area contributed by atoms with Gasteiger partial charge in [0.05, 0.1) is 32.2 Å². The zero-order valence-corrected chi connectivity index (χ0v) is 10.3. The summed E-state index contributed by atoms with van der Waals surface area (Å²) >= 11 is 0. The van der Waals surface area contributed by atoms with Gasteiger partial charge in [-0.25, -0.2) is 0 Å². The van der Waals surface area contributed by atoms with Gasteiger partial charge in [-0.15, -0.1) is 0 Å². The second kappa shape index (κ2) is 4.96. The van der Waals surface area contributed by atoms with Crippen LogP contribution in [0.25, 0.3) is 0 Å². The molecule has 1 heterocycles. The summed E-state index contributed by atoms with van der Waals surface area (Å²) in [7, 11) is 1.60. The van der Waals surface area contributed by atoms with Gasteiger partial charge in [-0.3, -0.25) is 4.79 Å². The van der Waals surface area contributed by atoms with Gasteiger partial charge in [-0.05, 0) is 17.7 Å². The number of nitrogens with two attached hydrogens (primary N) is 1. The summed E-state index contributed by atoms with van der Waals surface area (Å²) in [6.45, 7) is 0.906. The highest BCUT2D eigenvalue weighted by Gasteiger charge is 2.46. The van der Waals surface area contributed by atoms with Crippen LogP contribution in [0.5, 0.6) is 5.75 Å². The first-order valence-corrected chi connectivity index (χ1v) is 5.78. The van der Waals surface area contributed by atoms with Gasteiger partial charge >= 0.3 is 5.97 Å². The van der Waals surface area contributed by atoms with Crippen LogP contribution in [-0.2, 0) is 14.9 Å². The van der Waals surface area contributed by atoms with Crippen LogP contribution in [0.2, 0.25) is 0 Å². The van der Waals surface area contributed by atoms with E-state index in [1.165, 1.54) is 0 Å². The third-order valence-corrected chi connectivity index (χ3v) is 3.47. The highest BCUT2D eigenvalue weighted by molar-refractivity contribution is 5.68. The van der Waals surface area contributed by atoms with Crippen molar-refractivity contribution in [1.82, 2.24) is 0 Å². The van der Waals surface area contributed by atoms with Crippen LogP contribution in [0.3, 0.4) is 0 Å². The number of carboxylic acids is 1. The molecule has 0 amide bonds. The predicted octanol–water partition coefficient (Wildman–Crippen LogP) is 0.765. The number of methoxy groups -OCH3 is 1. The molecule has 0 aliphatic carbocycles. The minimum atomic E-state index is -0.892. The predicted molar refractivity (Wildman–Crippen MR) is 65.7 cm³/mol. The number of carbonyl (C=O) groups is 1. The van der Waals surface area contributed by atoms with Gasteiger partial charge < -0.3 is 20.3 Å². The lowest BCUT2D eigenvalue weighted by atomic mass is 9.71. The molecule has 3 N–H and O–H groups in total. The zero-order valence-electron chi connectivity index (χ0n) is 10.3. The second-order valence-corrected chi connectivity index (χ2v) is 4.59. The van der Waals surface area contributed by atoms with Crippen molar-refractivity contribution in [3.63, 3.8) is 0 Å². The molecule has 18 heavy (non-hydrogen) atoms. The van der Waals surface area contributed by atoms with Crippen LogP contribution in [0.1, 0.15) is 12.0 Å². The first-order chi connectivity index (χ1) is 8.58. The van der Waals surface area contributed by atoms with Gasteiger partial charge in [0.25, 0.3) is 0 Å². The molecule has 1 aromatic rings. The molecule has 2 rings (SSSR count). The number of carboxylic acid groups (broad SMARTS) is 1. The van der Waals surface area contributed by atoms with Crippen LogP contribution in [0.15, 0.2) is 24.3 Å². The molecule has 1 saturated heterocycles. The van der Waals surface area contributed by atoms with Crippen molar-refractivity contribution in [2.24, 2.45) is 5.73 Å². The fourth-order valence-corrected chi connectivity index (χ4v) is 2.23. The van der Waals surface area contributed by atoms with E-state index in [0.29, 0.717) is 13.2 Å². The lowest BCUT2D eigenvalue weighted by molar-refractivity contribution is -0.140. The third-order valence-electron chi connectivity index (χ3n) is 3.47. The fourth-order valence-electron chi connectivity index (χ4n) is 2.23. The SMILES string of the molecule is COc1cccc(C2(C(N)CC(=O)O)COC2)c1.